The van der Waals surface area contributed by atoms with Crippen LogP contribution in [0, 0.1) is 5.41 Å². The van der Waals surface area contributed by atoms with Gasteiger partial charge in [0.25, 0.3) is 5.91 Å². The highest BCUT2D eigenvalue weighted by Crippen LogP contribution is 2.29. The van der Waals surface area contributed by atoms with E-state index in [4.69, 9.17) is 5.73 Å². The van der Waals surface area contributed by atoms with Gasteiger partial charge in [-0.3, -0.25) is 9.59 Å². The molecule has 0 aliphatic carbocycles. The molecule has 0 unspecified atom stereocenters. The van der Waals surface area contributed by atoms with E-state index in [1.54, 1.807) is 15.8 Å². The van der Waals surface area contributed by atoms with Gasteiger partial charge in [0.1, 0.15) is 5.69 Å². The average molecular weight is 253 g/mol. The summed E-state index contributed by atoms with van der Waals surface area (Å²) >= 11 is 1.39. The Hall–Kier alpha value is -1.43. The van der Waals surface area contributed by atoms with Gasteiger partial charge in [-0.25, -0.2) is 4.98 Å². The number of piperidine rings is 1. The van der Waals surface area contributed by atoms with Gasteiger partial charge >= 0.3 is 0 Å². The van der Waals surface area contributed by atoms with Crippen molar-refractivity contribution in [3.63, 3.8) is 0 Å². The first kappa shape index (κ1) is 12.0. The van der Waals surface area contributed by atoms with Crippen molar-refractivity contribution in [2.24, 2.45) is 11.1 Å². The van der Waals surface area contributed by atoms with Crippen molar-refractivity contribution in [2.45, 2.75) is 19.8 Å². The Morgan fingerprint density at radius 3 is 2.94 bits per heavy atom. The molecule has 17 heavy (non-hydrogen) atoms. The van der Waals surface area contributed by atoms with Crippen LogP contribution < -0.4 is 5.73 Å². The lowest BCUT2D eigenvalue weighted by atomic mass is 9.81. The molecule has 5 nitrogen and oxygen atoms in total. The number of likely N-dealkylation sites (tertiary alicyclic amines) is 1. The summed E-state index contributed by atoms with van der Waals surface area (Å²) in [4.78, 5) is 29.2. The Morgan fingerprint density at radius 2 is 2.35 bits per heavy atom. The first-order valence-corrected chi connectivity index (χ1v) is 6.44. The number of thiazole rings is 1. The highest BCUT2D eigenvalue weighted by atomic mass is 32.1. The van der Waals surface area contributed by atoms with Crippen LogP contribution >= 0.6 is 11.3 Å². The zero-order chi connectivity index (χ0) is 12.5. The van der Waals surface area contributed by atoms with E-state index in [0.29, 0.717) is 18.8 Å². The van der Waals surface area contributed by atoms with E-state index in [1.165, 1.54) is 11.3 Å². The zero-order valence-electron chi connectivity index (χ0n) is 9.68. The van der Waals surface area contributed by atoms with Crippen molar-refractivity contribution in [3.05, 3.63) is 16.6 Å². The number of primary amides is 1. The number of rotatable bonds is 2. The maximum Gasteiger partial charge on any atom is 0.273 e. The SMILES string of the molecule is C[C@]1(C(N)=O)CCCN(C(=O)c2cscn2)C1. The topological polar surface area (TPSA) is 76.3 Å². The number of carbonyl (C=O) groups is 2. The molecule has 0 radical (unpaired) electrons. The molecule has 1 atom stereocenters. The quantitative estimate of drug-likeness (QED) is 0.849. The molecule has 2 amide bonds. The molecular formula is C11H15N3O2S. The lowest BCUT2D eigenvalue weighted by molar-refractivity contribution is -0.129. The van der Waals surface area contributed by atoms with Gasteiger partial charge in [-0.2, -0.15) is 0 Å². The third-order valence-corrected chi connectivity index (χ3v) is 3.82. The standard InChI is InChI=1S/C11H15N3O2S/c1-11(10(12)16)3-2-4-14(6-11)9(15)8-5-17-7-13-8/h5,7H,2-4,6H2,1H3,(H2,12,16)/t11-/m0/s1. The molecular weight excluding hydrogens is 238 g/mol. The molecule has 1 aliphatic rings. The molecule has 1 fully saturated rings. The van der Waals surface area contributed by atoms with Crippen molar-refractivity contribution in [1.29, 1.82) is 0 Å². The summed E-state index contributed by atoms with van der Waals surface area (Å²) in [6.45, 7) is 2.87. The lowest BCUT2D eigenvalue weighted by Gasteiger charge is -2.37. The van der Waals surface area contributed by atoms with Crippen LogP contribution in [-0.2, 0) is 4.79 Å². The largest absolute Gasteiger partial charge is 0.369 e. The smallest absolute Gasteiger partial charge is 0.273 e. The Balaban J connectivity index is 2.13. The van der Waals surface area contributed by atoms with E-state index in [2.05, 4.69) is 4.98 Å². The minimum Gasteiger partial charge on any atom is -0.369 e. The molecule has 92 valence electrons. The van der Waals surface area contributed by atoms with Crippen LogP contribution in [0.5, 0.6) is 0 Å². The highest BCUT2D eigenvalue weighted by molar-refractivity contribution is 7.07. The zero-order valence-corrected chi connectivity index (χ0v) is 10.5. The van der Waals surface area contributed by atoms with Crippen LogP contribution in [0.4, 0.5) is 0 Å². The molecule has 0 bridgehead atoms. The summed E-state index contributed by atoms with van der Waals surface area (Å²) in [5, 5.41) is 1.72. The van der Waals surface area contributed by atoms with E-state index < -0.39 is 5.41 Å². The number of nitrogens with zero attached hydrogens (tertiary/aromatic N) is 2. The van der Waals surface area contributed by atoms with E-state index >= 15 is 0 Å². The van der Waals surface area contributed by atoms with E-state index in [-0.39, 0.29) is 11.8 Å². The third kappa shape index (κ3) is 2.31. The summed E-state index contributed by atoms with van der Waals surface area (Å²) in [7, 11) is 0. The molecule has 1 aliphatic heterocycles. The van der Waals surface area contributed by atoms with Gasteiger partial charge in [0.2, 0.25) is 5.91 Å². The minimum absolute atomic E-state index is 0.113. The van der Waals surface area contributed by atoms with Crippen molar-refractivity contribution >= 4 is 23.2 Å². The fourth-order valence-electron chi connectivity index (χ4n) is 2.09. The fraction of sp³-hybridized carbons (Fsp3) is 0.545. The number of aromatic nitrogens is 1. The number of hydrogen-bond acceptors (Lipinski definition) is 4. The minimum atomic E-state index is -0.607. The predicted octanol–water partition coefficient (Wildman–Crippen LogP) is 0.871. The maximum atomic E-state index is 12.1. The summed E-state index contributed by atoms with van der Waals surface area (Å²) in [5.41, 5.74) is 6.86. The lowest BCUT2D eigenvalue weighted by Crippen LogP contribution is -2.50. The molecule has 0 saturated carbocycles. The van der Waals surface area contributed by atoms with Crippen LogP contribution in [0.2, 0.25) is 0 Å². The molecule has 0 aromatic carbocycles. The van der Waals surface area contributed by atoms with Gasteiger partial charge in [0.05, 0.1) is 10.9 Å². The number of carbonyl (C=O) groups excluding carboxylic acids is 2. The fourth-order valence-corrected chi connectivity index (χ4v) is 2.62. The second-order valence-corrected chi connectivity index (χ2v) is 5.35. The maximum absolute atomic E-state index is 12.1. The monoisotopic (exact) mass is 253 g/mol. The number of hydrogen-bond donors (Lipinski definition) is 1. The number of amides is 2. The highest BCUT2D eigenvalue weighted by Gasteiger charge is 2.38. The predicted molar refractivity (Wildman–Crippen MR) is 64.6 cm³/mol. The van der Waals surface area contributed by atoms with Crippen LogP contribution in [0.3, 0.4) is 0 Å². The molecule has 1 aromatic rings. The van der Waals surface area contributed by atoms with Gasteiger partial charge in [-0.1, -0.05) is 0 Å². The first-order chi connectivity index (χ1) is 8.03. The second kappa shape index (κ2) is 4.44. The van der Waals surface area contributed by atoms with E-state index in [0.717, 1.165) is 12.8 Å². The van der Waals surface area contributed by atoms with Crippen LogP contribution in [0.1, 0.15) is 30.3 Å². The van der Waals surface area contributed by atoms with Gasteiger partial charge in [0, 0.05) is 18.5 Å². The summed E-state index contributed by atoms with van der Waals surface area (Å²) < 4.78 is 0. The van der Waals surface area contributed by atoms with Gasteiger partial charge < -0.3 is 10.6 Å². The van der Waals surface area contributed by atoms with Crippen molar-refractivity contribution in [1.82, 2.24) is 9.88 Å². The summed E-state index contributed by atoms with van der Waals surface area (Å²) in [6, 6.07) is 0. The van der Waals surface area contributed by atoms with Crippen LogP contribution in [0.15, 0.2) is 10.9 Å². The number of nitrogens with two attached hydrogens (primary N) is 1. The molecule has 1 saturated heterocycles. The first-order valence-electron chi connectivity index (χ1n) is 5.50. The molecule has 2 heterocycles. The van der Waals surface area contributed by atoms with E-state index in [9.17, 15) is 9.59 Å². The van der Waals surface area contributed by atoms with Crippen molar-refractivity contribution in [3.8, 4) is 0 Å². The summed E-state index contributed by atoms with van der Waals surface area (Å²) in [6.07, 6.45) is 1.54. The Bertz CT molecular complexity index is 432. The molecule has 2 N–H and O–H groups in total. The van der Waals surface area contributed by atoms with Crippen molar-refractivity contribution < 1.29 is 9.59 Å². The van der Waals surface area contributed by atoms with E-state index in [1.807, 2.05) is 6.92 Å². The Morgan fingerprint density at radius 1 is 1.59 bits per heavy atom. The Kier molecular flexibility index (Phi) is 3.15. The average Bonchev–Trinajstić information content (AvgIpc) is 2.81. The van der Waals surface area contributed by atoms with Crippen LogP contribution in [0.25, 0.3) is 0 Å². The van der Waals surface area contributed by atoms with Gasteiger partial charge in [0.15, 0.2) is 0 Å². The van der Waals surface area contributed by atoms with Gasteiger partial charge in [-0.15, -0.1) is 11.3 Å². The summed E-state index contributed by atoms with van der Waals surface area (Å²) in [5.74, 6) is -0.452. The Labute approximate surface area is 104 Å². The van der Waals surface area contributed by atoms with Gasteiger partial charge in [-0.05, 0) is 19.8 Å². The normalized spacial score (nSPS) is 24.6. The second-order valence-electron chi connectivity index (χ2n) is 4.63. The van der Waals surface area contributed by atoms with Crippen molar-refractivity contribution in [2.75, 3.05) is 13.1 Å². The molecule has 0 spiro atoms. The third-order valence-electron chi connectivity index (χ3n) is 3.23. The molecule has 2 rings (SSSR count). The van der Waals surface area contributed by atoms with Crippen LogP contribution in [-0.4, -0.2) is 34.8 Å². The molecule has 1 aromatic heterocycles. The molecule has 6 heteroatoms.